The molecule has 2 rings (SSSR count). The van der Waals surface area contributed by atoms with Crippen molar-refractivity contribution < 1.29 is 13.2 Å². The predicted octanol–water partition coefficient (Wildman–Crippen LogP) is 3.46. The summed E-state index contributed by atoms with van der Waals surface area (Å²) in [5, 5.41) is 7.46. The fraction of sp³-hybridized carbons (Fsp3) is 0.533. The fourth-order valence-electron chi connectivity index (χ4n) is 2.31. The monoisotopic (exact) mass is 327 g/mol. The van der Waals surface area contributed by atoms with Gasteiger partial charge in [-0.1, -0.05) is 0 Å². The van der Waals surface area contributed by atoms with Crippen LogP contribution in [0.3, 0.4) is 0 Å². The minimum Gasteiger partial charge on any atom is -0.352 e. The Balaban J connectivity index is 1.94. The minimum atomic E-state index is -4.18. The highest BCUT2D eigenvalue weighted by atomic mass is 19.4. The van der Waals surface area contributed by atoms with Gasteiger partial charge in [0.05, 0.1) is 11.7 Å². The van der Waals surface area contributed by atoms with Gasteiger partial charge in [0.2, 0.25) is 5.95 Å². The zero-order valence-corrected chi connectivity index (χ0v) is 13.4. The first-order chi connectivity index (χ1) is 10.7. The number of hydrogen-bond acceptors (Lipinski definition) is 4. The van der Waals surface area contributed by atoms with Gasteiger partial charge in [0.15, 0.2) is 0 Å². The van der Waals surface area contributed by atoms with Crippen LogP contribution < -0.4 is 5.32 Å². The summed E-state index contributed by atoms with van der Waals surface area (Å²) >= 11 is 0. The molecular formula is C15H20F3N5. The van der Waals surface area contributed by atoms with E-state index in [1.807, 2.05) is 31.5 Å². The quantitative estimate of drug-likeness (QED) is 0.883. The highest BCUT2D eigenvalue weighted by Crippen LogP contribution is 2.21. The van der Waals surface area contributed by atoms with Crippen molar-refractivity contribution in [1.82, 2.24) is 19.7 Å². The average molecular weight is 327 g/mol. The summed E-state index contributed by atoms with van der Waals surface area (Å²) in [6.07, 6.45) is -3.74. The van der Waals surface area contributed by atoms with Crippen LogP contribution in [0.15, 0.2) is 18.3 Å². The Hall–Kier alpha value is -2.12. The van der Waals surface area contributed by atoms with Crippen LogP contribution in [0.2, 0.25) is 0 Å². The zero-order chi connectivity index (χ0) is 17.0. The predicted molar refractivity (Wildman–Crippen MR) is 81.3 cm³/mol. The molecule has 2 aromatic rings. The molecule has 2 heterocycles. The Kier molecular flexibility index (Phi) is 5.23. The summed E-state index contributed by atoms with van der Waals surface area (Å²) in [5.41, 5.74) is 2.37. The van der Waals surface area contributed by atoms with E-state index >= 15 is 0 Å². The van der Waals surface area contributed by atoms with Crippen molar-refractivity contribution >= 4 is 5.95 Å². The van der Waals surface area contributed by atoms with Crippen molar-refractivity contribution in [2.75, 3.05) is 11.9 Å². The van der Waals surface area contributed by atoms with E-state index in [2.05, 4.69) is 20.4 Å². The number of aromatic nitrogens is 4. The van der Waals surface area contributed by atoms with E-state index in [-0.39, 0.29) is 12.5 Å². The summed E-state index contributed by atoms with van der Waals surface area (Å²) in [7, 11) is 0. The van der Waals surface area contributed by atoms with Gasteiger partial charge >= 0.3 is 6.18 Å². The van der Waals surface area contributed by atoms with Gasteiger partial charge in [0.25, 0.3) is 0 Å². The van der Waals surface area contributed by atoms with E-state index in [4.69, 9.17) is 0 Å². The molecule has 0 aliphatic carbocycles. The molecule has 0 bridgehead atoms. The van der Waals surface area contributed by atoms with Gasteiger partial charge in [-0.15, -0.1) is 0 Å². The first-order valence-corrected chi connectivity index (χ1v) is 7.40. The third-order valence-corrected chi connectivity index (χ3v) is 3.40. The normalized spacial score (nSPS) is 13.1. The van der Waals surface area contributed by atoms with Gasteiger partial charge < -0.3 is 5.32 Å². The van der Waals surface area contributed by atoms with Gasteiger partial charge in [-0.05, 0) is 39.3 Å². The number of nitrogens with zero attached hydrogens (tertiary/aromatic N) is 4. The Morgan fingerprint density at radius 2 is 2.04 bits per heavy atom. The number of aryl methyl sites for hydroxylation is 3. The van der Waals surface area contributed by atoms with Gasteiger partial charge in [0.1, 0.15) is 0 Å². The minimum absolute atomic E-state index is 0.0751. The number of hydrogen-bond donors (Lipinski definition) is 1. The highest BCUT2D eigenvalue weighted by molar-refractivity contribution is 5.25. The van der Waals surface area contributed by atoms with Crippen molar-refractivity contribution in [3.05, 3.63) is 35.4 Å². The van der Waals surface area contributed by atoms with Crippen LogP contribution in [0.1, 0.15) is 36.5 Å². The maximum atomic E-state index is 12.3. The van der Waals surface area contributed by atoms with E-state index < -0.39 is 12.6 Å². The van der Waals surface area contributed by atoms with Crippen LogP contribution >= 0.6 is 0 Å². The van der Waals surface area contributed by atoms with Crippen LogP contribution in [-0.4, -0.2) is 32.5 Å². The molecule has 1 atom stereocenters. The molecule has 0 aliphatic rings. The van der Waals surface area contributed by atoms with E-state index in [1.165, 1.54) is 12.3 Å². The molecule has 1 N–H and O–H groups in total. The molecule has 2 aromatic heterocycles. The van der Waals surface area contributed by atoms with Crippen molar-refractivity contribution in [2.45, 2.75) is 45.8 Å². The molecule has 0 spiro atoms. The Morgan fingerprint density at radius 3 is 2.65 bits per heavy atom. The van der Waals surface area contributed by atoms with Crippen LogP contribution in [0, 0.1) is 13.8 Å². The van der Waals surface area contributed by atoms with E-state index in [0.29, 0.717) is 18.2 Å². The SMILES string of the molecule is Cc1cc(C)n([C@@H](C)CNc2nccc(CCC(F)(F)F)n2)n1. The Morgan fingerprint density at radius 1 is 1.30 bits per heavy atom. The summed E-state index contributed by atoms with van der Waals surface area (Å²) in [6, 6.07) is 3.57. The molecule has 0 unspecified atom stereocenters. The maximum absolute atomic E-state index is 12.3. The van der Waals surface area contributed by atoms with Gasteiger partial charge in [-0.25, -0.2) is 9.97 Å². The van der Waals surface area contributed by atoms with Crippen LogP contribution in [0.5, 0.6) is 0 Å². The molecule has 0 fully saturated rings. The van der Waals surface area contributed by atoms with Crippen molar-refractivity contribution in [3.8, 4) is 0 Å². The molecule has 0 saturated carbocycles. The van der Waals surface area contributed by atoms with Crippen molar-refractivity contribution in [2.24, 2.45) is 0 Å². The molecule has 0 aromatic carbocycles. The van der Waals surface area contributed by atoms with Crippen molar-refractivity contribution in [3.63, 3.8) is 0 Å². The van der Waals surface area contributed by atoms with E-state index in [9.17, 15) is 13.2 Å². The Bertz CT molecular complexity index is 651. The standard InChI is InChI=1S/C15H20F3N5/c1-10-8-11(2)23(22-10)12(3)9-20-14-19-7-5-13(21-14)4-6-15(16,17)18/h5,7-8,12H,4,6,9H2,1-3H3,(H,19,20,21)/t12-/m0/s1. The molecular weight excluding hydrogens is 307 g/mol. The molecule has 5 nitrogen and oxygen atoms in total. The number of halogens is 3. The lowest BCUT2D eigenvalue weighted by Crippen LogP contribution is -2.19. The average Bonchev–Trinajstić information content (AvgIpc) is 2.81. The lowest BCUT2D eigenvalue weighted by Gasteiger charge is -2.15. The first-order valence-electron chi connectivity index (χ1n) is 7.40. The van der Waals surface area contributed by atoms with Crippen LogP contribution in [0.25, 0.3) is 0 Å². The molecule has 0 saturated heterocycles. The molecule has 0 radical (unpaired) electrons. The first kappa shape index (κ1) is 17.2. The molecule has 126 valence electrons. The van der Waals surface area contributed by atoms with Crippen molar-refractivity contribution in [1.29, 1.82) is 0 Å². The molecule has 0 amide bonds. The summed E-state index contributed by atoms with van der Waals surface area (Å²) in [4.78, 5) is 8.16. The zero-order valence-electron chi connectivity index (χ0n) is 13.4. The molecule has 0 aliphatic heterocycles. The fourth-order valence-corrected chi connectivity index (χ4v) is 2.31. The third kappa shape index (κ3) is 5.22. The van der Waals surface area contributed by atoms with Gasteiger partial charge in [-0.3, -0.25) is 4.68 Å². The van der Waals surface area contributed by atoms with Gasteiger partial charge in [0, 0.05) is 30.6 Å². The number of alkyl halides is 3. The number of rotatable bonds is 6. The van der Waals surface area contributed by atoms with Gasteiger partial charge in [-0.2, -0.15) is 18.3 Å². The topological polar surface area (TPSA) is 55.6 Å². The number of nitrogens with one attached hydrogen (secondary N) is 1. The second-order valence-corrected chi connectivity index (χ2v) is 5.59. The lowest BCUT2D eigenvalue weighted by molar-refractivity contribution is -0.134. The largest absolute Gasteiger partial charge is 0.389 e. The van der Waals surface area contributed by atoms with Crippen LogP contribution in [-0.2, 0) is 6.42 Å². The lowest BCUT2D eigenvalue weighted by atomic mass is 10.2. The van der Waals surface area contributed by atoms with E-state index in [1.54, 1.807) is 0 Å². The second-order valence-electron chi connectivity index (χ2n) is 5.59. The maximum Gasteiger partial charge on any atom is 0.389 e. The molecule has 23 heavy (non-hydrogen) atoms. The molecule has 8 heteroatoms. The van der Waals surface area contributed by atoms with Crippen LogP contribution in [0.4, 0.5) is 19.1 Å². The smallest absolute Gasteiger partial charge is 0.352 e. The number of anilines is 1. The highest BCUT2D eigenvalue weighted by Gasteiger charge is 2.26. The second kappa shape index (κ2) is 6.97. The Labute approximate surface area is 133 Å². The summed E-state index contributed by atoms with van der Waals surface area (Å²) in [6.45, 7) is 6.44. The summed E-state index contributed by atoms with van der Waals surface area (Å²) in [5.74, 6) is 0.332. The van der Waals surface area contributed by atoms with E-state index in [0.717, 1.165) is 11.4 Å². The third-order valence-electron chi connectivity index (χ3n) is 3.40. The summed E-state index contributed by atoms with van der Waals surface area (Å²) < 4.78 is 38.7.